The maximum atomic E-state index is 11.3. The molecule has 10 nitrogen and oxygen atoms in total. The average Bonchev–Trinajstić information content (AvgIpc) is 2.77. The van der Waals surface area contributed by atoms with Gasteiger partial charge in [-0.1, -0.05) is 60.7 Å². The highest BCUT2D eigenvalue weighted by molar-refractivity contribution is 5.79. The Balaban J connectivity index is 0.000000320. The molecule has 0 fully saturated rings. The van der Waals surface area contributed by atoms with Gasteiger partial charge in [0.2, 0.25) is 0 Å². The number of carbonyl (C=O) groups excluding carboxylic acids is 2. The van der Waals surface area contributed by atoms with Gasteiger partial charge < -0.3 is 29.9 Å². The summed E-state index contributed by atoms with van der Waals surface area (Å²) >= 11 is 0. The molecular weight excluding hydrogens is 420 g/mol. The van der Waals surface area contributed by atoms with Crippen molar-refractivity contribution in [1.29, 1.82) is 0 Å². The molecule has 10 heteroatoms. The van der Waals surface area contributed by atoms with Crippen LogP contribution in [0.2, 0.25) is 0 Å². The summed E-state index contributed by atoms with van der Waals surface area (Å²) in [5.41, 5.74) is 1.71. The number of benzene rings is 2. The molecule has 1 atom stereocenters. The first kappa shape index (κ1) is 26.0. The Bertz CT molecular complexity index is 874. The standard InChI is InChI=1S/2C11H13NO4/c1-12(7-10(13)14)11(15)16-8-9-5-3-2-4-6-9;1-8(10(13)14)12-11(15)16-7-9-5-3-2-4-6-9/h2-6H,7-8H2,1H3,(H,13,14);2-6,8H,7H2,1H3,(H,12,15)(H,13,14). The number of rotatable bonds is 8. The van der Waals surface area contributed by atoms with Crippen molar-refractivity contribution in [1.82, 2.24) is 10.2 Å². The van der Waals surface area contributed by atoms with Crippen LogP contribution in [0.3, 0.4) is 0 Å². The van der Waals surface area contributed by atoms with Crippen LogP contribution in [-0.2, 0) is 32.3 Å². The van der Waals surface area contributed by atoms with E-state index in [0.29, 0.717) is 0 Å². The molecule has 0 aliphatic heterocycles. The third kappa shape index (κ3) is 11.2. The van der Waals surface area contributed by atoms with Crippen LogP contribution in [0.1, 0.15) is 18.1 Å². The third-order valence-electron chi connectivity index (χ3n) is 3.81. The van der Waals surface area contributed by atoms with Crippen LogP contribution < -0.4 is 5.32 Å². The number of hydrogen-bond acceptors (Lipinski definition) is 6. The van der Waals surface area contributed by atoms with Gasteiger partial charge in [0, 0.05) is 7.05 Å². The van der Waals surface area contributed by atoms with Crippen LogP contribution in [0, 0.1) is 0 Å². The second-order valence-corrected chi connectivity index (χ2v) is 6.56. The van der Waals surface area contributed by atoms with Crippen molar-refractivity contribution in [3.8, 4) is 0 Å². The molecule has 1 unspecified atom stereocenters. The molecule has 172 valence electrons. The number of likely N-dealkylation sites (N-methyl/N-ethyl adjacent to an activating group) is 1. The fraction of sp³-hybridized carbons (Fsp3) is 0.273. The van der Waals surface area contributed by atoms with Gasteiger partial charge in [0.15, 0.2) is 0 Å². The maximum Gasteiger partial charge on any atom is 0.410 e. The van der Waals surface area contributed by atoms with E-state index in [1.54, 1.807) is 0 Å². The summed E-state index contributed by atoms with van der Waals surface area (Å²) < 4.78 is 9.75. The summed E-state index contributed by atoms with van der Waals surface area (Å²) in [5.74, 6) is -2.17. The zero-order valence-corrected chi connectivity index (χ0v) is 17.8. The van der Waals surface area contributed by atoms with Gasteiger partial charge in [-0.2, -0.15) is 0 Å². The molecule has 0 bridgehead atoms. The smallest absolute Gasteiger partial charge is 0.410 e. The summed E-state index contributed by atoms with van der Waals surface area (Å²) in [7, 11) is 1.38. The number of aliphatic carboxylic acids is 2. The Morgan fingerprint density at radius 1 is 0.875 bits per heavy atom. The predicted molar refractivity (Wildman–Crippen MR) is 114 cm³/mol. The van der Waals surface area contributed by atoms with Crippen LogP contribution in [-0.4, -0.2) is 58.9 Å². The largest absolute Gasteiger partial charge is 0.480 e. The highest BCUT2D eigenvalue weighted by atomic mass is 16.6. The number of carboxylic acid groups (broad SMARTS) is 2. The quantitative estimate of drug-likeness (QED) is 0.562. The van der Waals surface area contributed by atoms with Gasteiger partial charge in [0.25, 0.3) is 0 Å². The Morgan fingerprint density at radius 2 is 1.34 bits per heavy atom. The van der Waals surface area contributed by atoms with Crippen LogP contribution in [0.15, 0.2) is 60.7 Å². The molecule has 32 heavy (non-hydrogen) atoms. The van der Waals surface area contributed by atoms with Crippen LogP contribution in [0.25, 0.3) is 0 Å². The molecule has 2 aromatic carbocycles. The second kappa shape index (κ2) is 14.0. The molecule has 0 saturated carbocycles. The molecule has 2 amide bonds. The van der Waals surface area contributed by atoms with Gasteiger partial charge in [-0.05, 0) is 18.1 Å². The number of amides is 2. The predicted octanol–water partition coefficient (Wildman–Crippen LogP) is 2.73. The molecule has 0 heterocycles. The number of ether oxygens (including phenoxy) is 2. The van der Waals surface area contributed by atoms with E-state index in [-0.39, 0.29) is 19.8 Å². The van der Waals surface area contributed by atoms with Crippen molar-refractivity contribution in [2.24, 2.45) is 0 Å². The Labute approximate surface area is 185 Å². The lowest BCUT2D eigenvalue weighted by Gasteiger charge is -2.14. The van der Waals surface area contributed by atoms with Crippen LogP contribution in [0.4, 0.5) is 9.59 Å². The molecule has 0 saturated heterocycles. The Morgan fingerprint density at radius 3 is 1.78 bits per heavy atom. The maximum absolute atomic E-state index is 11.3. The zero-order chi connectivity index (χ0) is 23.9. The highest BCUT2D eigenvalue weighted by Crippen LogP contribution is 2.02. The lowest BCUT2D eigenvalue weighted by Crippen LogP contribution is -2.38. The summed E-state index contributed by atoms with van der Waals surface area (Å²) in [6, 6.07) is 17.4. The summed E-state index contributed by atoms with van der Waals surface area (Å²) in [6.07, 6.45) is -1.38. The monoisotopic (exact) mass is 446 g/mol. The molecule has 2 rings (SSSR count). The minimum Gasteiger partial charge on any atom is -0.480 e. The zero-order valence-electron chi connectivity index (χ0n) is 17.8. The topological polar surface area (TPSA) is 142 Å². The lowest BCUT2D eigenvalue weighted by molar-refractivity contribution is -0.139. The van der Waals surface area contributed by atoms with Gasteiger partial charge in [0.05, 0.1) is 0 Å². The van der Waals surface area contributed by atoms with Crippen molar-refractivity contribution >= 4 is 24.1 Å². The molecule has 0 radical (unpaired) electrons. The van der Waals surface area contributed by atoms with E-state index in [1.807, 2.05) is 60.7 Å². The lowest BCUT2D eigenvalue weighted by atomic mass is 10.2. The van der Waals surface area contributed by atoms with Crippen LogP contribution in [0.5, 0.6) is 0 Å². The van der Waals surface area contributed by atoms with Crippen molar-refractivity contribution in [3.05, 3.63) is 71.8 Å². The number of carbonyl (C=O) groups is 4. The van der Waals surface area contributed by atoms with E-state index in [9.17, 15) is 19.2 Å². The van der Waals surface area contributed by atoms with Gasteiger partial charge in [-0.25, -0.2) is 9.59 Å². The normalized spacial score (nSPS) is 10.6. The van der Waals surface area contributed by atoms with Crippen molar-refractivity contribution < 1.29 is 38.9 Å². The van der Waals surface area contributed by atoms with Crippen LogP contribution >= 0.6 is 0 Å². The molecule has 0 aliphatic rings. The number of alkyl carbamates (subject to hydrolysis) is 1. The second-order valence-electron chi connectivity index (χ2n) is 6.56. The summed E-state index contributed by atoms with van der Waals surface area (Å²) in [4.78, 5) is 44.2. The van der Waals surface area contributed by atoms with E-state index in [0.717, 1.165) is 16.0 Å². The van der Waals surface area contributed by atoms with Crippen molar-refractivity contribution in [2.75, 3.05) is 13.6 Å². The Kier molecular flexibility index (Phi) is 11.4. The number of hydrogen-bond donors (Lipinski definition) is 3. The van der Waals surface area contributed by atoms with Gasteiger partial charge in [-0.3, -0.25) is 9.59 Å². The fourth-order valence-electron chi connectivity index (χ4n) is 2.10. The highest BCUT2D eigenvalue weighted by Gasteiger charge is 2.14. The van der Waals surface area contributed by atoms with Gasteiger partial charge in [0.1, 0.15) is 25.8 Å². The van der Waals surface area contributed by atoms with E-state index in [2.05, 4.69) is 5.32 Å². The van der Waals surface area contributed by atoms with Gasteiger partial charge >= 0.3 is 24.1 Å². The number of nitrogens with zero attached hydrogens (tertiary/aromatic N) is 1. The summed E-state index contributed by atoms with van der Waals surface area (Å²) in [6.45, 7) is 1.27. The van der Waals surface area contributed by atoms with Crippen molar-refractivity contribution in [2.45, 2.75) is 26.2 Å². The SMILES string of the molecule is CC(NC(=O)OCc1ccccc1)C(=O)O.CN(CC(=O)O)C(=O)OCc1ccccc1. The van der Waals surface area contributed by atoms with E-state index < -0.39 is 30.2 Å². The first-order chi connectivity index (χ1) is 15.2. The third-order valence-corrected chi connectivity index (χ3v) is 3.81. The van der Waals surface area contributed by atoms with E-state index >= 15 is 0 Å². The molecule has 0 aromatic heterocycles. The first-order valence-corrected chi connectivity index (χ1v) is 9.52. The minimum atomic E-state index is -1.10. The molecule has 0 spiro atoms. The van der Waals surface area contributed by atoms with E-state index in [1.165, 1.54) is 14.0 Å². The summed E-state index contributed by atoms with van der Waals surface area (Å²) in [5, 5.41) is 19.2. The molecule has 2 aromatic rings. The molecule has 3 N–H and O–H groups in total. The first-order valence-electron chi connectivity index (χ1n) is 9.52. The van der Waals surface area contributed by atoms with Gasteiger partial charge in [-0.15, -0.1) is 0 Å². The molecule has 0 aliphatic carbocycles. The number of carboxylic acids is 2. The fourth-order valence-corrected chi connectivity index (χ4v) is 2.10. The van der Waals surface area contributed by atoms with E-state index in [4.69, 9.17) is 19.7 Å². The minimum absolute atomic E-state index is 0.124. The molecular formula is C22H26N2O8. The number of nitrogens with one attached hydrogen (secondary N) is 1. The average molecular weight is 446 g/mol. The Hall–Kier alpha value is -4.08. The van der Waals surface area contributed by atoms with Crippen molar-refractivity contribution in [3.63, 3.8) is 0 Å².